The van der Waals surface area contributed by atoms with E-state index in [0.717, 1.165) is 42.2 Å². The number of rotatable bonds is 1. The van der Waals surface area contributed by atoms with Gasteiger partial charge in [0.15, 0.2) is 0 Å². The van der Waals surface area contributed by atoms with Crippen LogP contribution in [0.4, 0.5) is 5.69 Å². The first-order valence-corrected chi connectivity index (χ1v) is 6.09. The molecule has 3 nitrogen and oxygen atoms in total. The van der Waals surface area contributed by atoms with Crippen LogP contribution in [0.3, 0.4) is 0 Å². The van der Waals surface area contributed by atoms with Crippen LogP contribution in [0.2, 0.25) is 5.02 Å². The predicted molar refractivity (Wildman–Crippen MR) is 69.8 cm³/mol. The minimum Gasteiger partial charge on any atom is -0.378 e. The summed E-state index contributed by atoms with van der Waals surface area (Å²) in [6.07, 6.45) is 1.85. The van der Waals surface area contributed by atoms with Crippen molar-refractivity contribution in [3.8, 4) is 0 Å². The molecule has 3 rings (SSSR count). The van der Waals surface area contributed by atoms with Crippen LogP contribution in [-0.4, -0.2) is 31.3 Å². The SMILES string of the molecule is Clc1ccc2nccc(N3CCOCC3)c2c1. The van der Waals surface area contributed by atoms with E-state index in [1.807, 2.05) is 30.5 Å². The van der Waals surface area contributed by atoms with E-state index in [1.165, 1.54) is 5.69 Å². The number of morpholine rings is 1. The van der Waals surface area contributed by atoms with Crippen molar-refractivity contribution in [2.24, 2.45) is 0 Å². The van der Waals surface area contributed by atoms with Crippen molar-refractivity contribution in [3.05, 3.63) is 35.5 Å². The molecule has 1 aliphatic heterocycles. The summed E-state index contributed by atoms with van der Waals surface area (Å²) in [6, 6.07) is 7.86. The Morgan fingerprint density at radius 2 is 2.00 bits per heavy atom. The minimum atomic E-state index is 0.750. The fourth-order valence-corrected chi connectivity index (χ4v) is 2.36. The lowest BCUT2D eigenvalue weighted by atomic mass is 10.1. The highest BCUT2D eigenvalue weighted by atomic mass is 35.5. The van der Waals surface area contributed by atoms with Gasteiger partial charge in [-0.15, -0.1) is 0 Å². The number of pyridine rings is 1. The summed E-state index contributed by atoms with van der Waals surface area (Å²) in [5.74, 6) is 0. The van der Waals surface area contributed by atoms with E-state index in [-0.39, 0.29) is 0 Å². The van der Waals surface area contributed by atoms with Gasteiger partial charge in [-0.1, -0.05) is 11.6 Å². The van der Waals surface area contributed by atoms with Crippen molar-refractivity contribution >= 4 is 28.2 Å². The molecule has 4 heteroatoms. The molecule has 2 aromatic rings. The third-order valence-corrected chi connectivity index (χ3v) is 3.27. The zero-order valence-corrected chi connectivity index (χ0v) is 10.2. The van der Waals surface area contributed by atoms with Gasteiger partial charge in [0.1, 0.15) is 0 Å². The van der Waals surface area contributed by atoms with E-state index in [9.17, 15) is 0 Å². The molecule has 0 atom stereocenters. The van der Waals surface area contributed by atoms with Crippen molar-refractivity contribution < 1.29 is 4.74 Å². The number of hydrogen-bond acceptors (Lipinski definition) is 3. The maximum absolute atomic E-state index is 6.06. The average molecular weight is 249 g/mol. The molecule has 0 unspecified atom stereocenters. The molecule has 0 bridgehead atoms. The topological polar surface area (TPSA) is 25.4 Å². The molecule has 0 aliphatic carbocycles. The van der Waals surface area contributed by atoms with Crippen LogP contribution in [0.15, 0.2) is 30.5 Å². The normalized spacial score (nSPS) is 16.4. The Bertz CT molecular complexity index is 538. The van der Waals surface area contributed by atoms with Crippen molar-refractivity contribution in [1.29, 1.82) is 0 Å². The van der Waals surface area contributed by atoms with Gasteiger partial charge in [-0.3, -0.25) is 4.98 Å². The third-order valence-electron chi connectivity index (χ3n) is 3.03. The summed E-state index contributed by atoms with van der Waals surface area (Å²) in [7, 11) is 0. The smallest absolute Gasteiger partial charge is 0.0723 e. The molecule has 1 aliphatic rings. The van der Waals surface area contributed by atoms with Gasteiger partial charge < -0.3 is 9.64 Å². The summed E-state index contributed by atoms with van der Waals surface area (Å²) in [5, 5.41) is 1.86. The lowest BCUT2D eigenvalue weighted by molar-refractivity contribution is 0.123. The van der Waals surface area contributed by atoms with Gasteiger partial charge in [0.05, 0.1) is 18.7 Å². The largest absolute Gasteiger partial charge is 0.378 e. The number of halogens is 1. The number of nitrogens with zero attached hydrogens (tertiary/aromatic N) is 2. The molecular formula is C13H13ClN2O. The van der Waals surface area contributed by atoms with Gasteiger partial charge in [-0.25, -0.2) is 0 Å². The second kappa shape index (κ2) is 4.51. The molecule has 17 heavy (non-hydrogen) atoms. The predicted octanol–water partition coefficient (Wildman–Crippen LogP) is 2.72. The molecule has 1 aromatic carbocycles. The third kappa shape index (κ3) is 2.08. The van der Waals surface area contributed by atoms with Gasteiger partial charge in [-0.05, 0) is 24.3 Å². The van der Waals surface area contributed by atoms with Crippen LogP contribution < -0.4 is 4.90 Å². The molecule has 0 spiro atoms. The standard InChI is InChI=1S/C13H13ClN2O/c14-10-1-2-12-11(9-10)13(3-4-15-12)16-5-7-17-8-6-16/h1-4,9H,5-8H2. The number of anilines is 1. The summed E-state index contributed by atoms with van der Waals surface area (Å²) in [5.41, 5.74) is 2.18. The molecular weight excluding hydrogens is 236 g/mol. The Hall–Kier alpha value is -1.32. The van der Waals surface area contributed by atoms with Crippen LogP contribution in [-0.2, 0) is 4.74 Å². The second-order valence-electron chi connectivity index (χ2n) is 4.09. The average Bonchev–Trinajstić information content (AvgIpc) is 2.39. The monoisotopic (exact) mass is 248 g/mol. The molecule has 1 saturated heterocycles. The first-order valence-electron chi connectivity index (χ1n) is 5.71. The van der Waals surface area contributed by atoms with Gasteiger partial charge in [0, 0.05) is 35.4 Å². The molecule has 0 saturated carbocycles. The quantitative estimate of drug-likeness (QED) is 0.776. The van der Waals surface area contributed by atoms with Gasteiger partial charge in [0.2, 0.25) is 0 Å². The number of aromatic nitrogens is 1. The number of hydrogen-bond donors (Lipinski definition) is 0. The van der Waals surface area contributed by atoms with Crippen LogP contribution in [0.5, 0.6) is 0 Å². The summed E-state index contributed by atoms with van der Waals surface area (Å²) in [6.45, 7) is 3.41. The maximum Gasteiger partial charge on any atom is 0.0723 e. The van der Waals surface area contributed by atoms with E-state index < -0.39 is 0 Å². The fourth-order valence-electron chi connectivity index (χ4n) is 2.18. The maximum atomic E-state index is 6.06. The van der Waals surface area contributed by atoms with E-state index in [4.69, 9.17) is 16.3 Å². The number of benzene rings is 1. The molecule has 1 aromatic heterocycles. The highest BCUT2D eigenvalue weighted by Gasteiger charge is 2.14. The Kier molecular flexibility index (Phi) is 2.87. The molecule has 2 heterocycles. The van der Waals surface area contributed by atoms with Gasteiger partial charge >= 0.3 is 0 Å². The Labute approximate surface area is 105 Å². The van der Waals surface area contributed by atoms with E-state index >= 15 is 0 Å². The lowest BCUT2D eigenvalue weighted by Crippen LogP contribution is -2.36. The molecule has 88 valence electrons. The summed E-state index contributed by atoms with van der Waals surface area (Å²) < 4.78 is 5.37. The Balaban J connectivity index is 2.11. The van der Waals surface area contributed by atoms with Crippen LogP contribution in [0.1, 0.15) is 0 Å². The van der Waals surface area contributed by atoms with E-state index in [0.29, 0.717) is 0 Å². The van der Waals surface area contributed by atoms with Crippen LogP contribution >= 0.6 is 11.6 Å². The highest BCUT2D eigenvalue weighted by Crippen LogP contribution is 2.28. The first kappa shape index (κ1) is 10.8. The molecule has 1 fully saturated rings. The first-order chi connectivity index (χ1) is 8.34. The molecule has 0 radical (unpaired) electrons. The van der Waals surface area contributed by atoms with Crippen molar-refractivity contribution in [2.45, 2.75) is 0 Å². The lowest BCUT2D eigenvalue weighted by Gasteiger charge is -2.29. The van der Waals surface area contributed by atoms with Crippen LogP contribution in [0.25, 0.3) is 10.9 Å². The zero-order valence-electron chi connectivity index (χ0n) is 9.40. The number of fused-ring (bicyclic) bond motifs is 1. The Morgan fingerprint density at radius 1 is 1.18 bits per heavy atom. The summed E-state index contributed by atoms with van der Waals surface area (Å²) >= 11 is 6.06. The van der Waals surface area contributed by atoms with Crippen molar-refractivity contribution in [1.82, 2.24) is 4.98 Å². The zero-order chi connectivity index (χ0) is 11.7. The van der Waals surface area contributed by atoms with Gasteiger partial charge in [-0.2, -0.15) is 0 Å². The second-order valence-corrected chi connectivity index (χ2v) is 4.53. The van der Waals surface area contributed by atoms with Gasteiger partial charge in [0.25, 0.3) is 0 Å². The number of ether oxygens (including phenoxy) is 1. The van der Waals surface area contributed by atoms with E-state index in [2.05, 4.69) is 9.88 Å². The molecule has 0 N–H and O–H groups in total. The van der Waals surface area contributed by atoms with Crippen LogP contribution in [0, 0.1) is 0 Å². The molecule has 0 amide bonds. The van der Waals surface area contributed by atoms with Crippen molar-refractivity contribution in [2.75, 3.05) is 31.2 Å². The minimum absolute atomic E-state index is 0.750. The Morgan fingerprint density at radius 3 is 2.82 bits per heavy atom. The van der Waals surface area contributed by atoms with E-state index in [1.54, 1.807) is 0 Å². The van der Waals surface area contributed by atoms with Crippen molar-refractivity contribution in [3.63, 3.8) is 0 Å². The highest BCUT2D eigenvalue weighted by molar-refractivity contribution is 6.31. The fraction of sp³-hybridized carbons (Fsp3) is 0.308. The summed E-state index contributed by atoms with van der Waals surface area (Å²) in [4.78, 5) is 6.68.